The van der Waals surface area contributed by atoms with Gasteiger partial charge in [-0.25, -0.2) is 0 Å². The second-order valence-corrected chi connectivity index (χ2v) is 8.82. The minimum Gasteiger partial charge on any atom is -0.465 e. The van der Waals surface area contributed by atoms with Crippen LogP contribution in [0.1, 0.15) is 98.3 Å². The number of nitrogens with one attached hydrogen (secondary N) is 2. The Balaban J connectivity index is 2.44. The second kappa shape index (κ2) is 15.2. The molecule has 1 aliphatic carbocycles. The molecule has 2 atom stereocenters. The van der Waals surface area contributed by atoms with Gasteiger partial charge in [0.25, 0.3) is 0 Å². The lowest BCUT2D eigenvalue weighted by Gasteiger charge is -2.30. The summed E-state index contributed by atoms with van der Waals surface area (Å²) in [6.07, 6.45) is 12.6. The highest BCUT2D eigenvalue weighted by atomic mass is 16.5. The van der Waals surface area contributed by atoms with Crippen LogP contribution in [0.15, 0.2) is 0 Å². The first-order valence-corrected chi connectivity index (χ1v) is 12.2. The van der Waals surface area contributed by atoms with Crippen molar-refractivity contribution in [2.75, 3.05) is 13.2 Å². The van der Waals surface area contributed by atoms with Gasteiger partial charge in [-0.05, 0) is 44.4 Å². The topological polar surface area (TPSA) is 84.5 Å². The van der Waals surface area contributed by atoms with Crippen molar-refractivity contribution < 1.29 is 19.1 Å². The Kier molecular flexibility index (Phi) is 13.4. The van der Waals surface area contributed by atoms with Crippen molar-refractivity contribution in [3.8, 4) is 0 Å². The Morgan fingerprint density at radius 1 is 0.967 bits per heavy atom. The van der Waals surface area contributed by atoms with E-state index in [0.29, 0.717) is 0 Å². The fourth-order valence-electron chi connectivity index (χ4n) is 4.20. The fraction of sp³-hybridized carbons (Fsp3) is 0.875. The van der Waals surface area contributed by atoms with E-state index < -0.39 is 12.0 Å². The van der Waals surface area contributed by atoms with Gasteiger partial charge < -0.3 is 15.4 Å². The summed E-state index contributed by atoms with van der Waals surface area (Å²) in [4.78, 5) is 36.9. The van der Waals surface area contributed by atoms with E-state index in [0.717, 1.165) is 38.0 Å². The third kappa shape index (κ3) is 9.94. The van der Waals surface area contributed by atoms with Crippen molar-refractivity contribution in [3.05, 3.63) is 0 Å². The van der Waals surface area contributed by atoms with Gasteiger partial charge in [0.2, 0.25) is 11.8 Å². The standard InChI is InChI=1S/C24H44N2O4/c1-5-8-9-10-11-12-19-13-15-20(16-14-19)23(28)26-22(18(4)6-2)24(29)25-17-21(27)30-7-3/h18-20,22H,5-17H2,1-4H3,(H,25,29)(H,26,28)/t18-,19?,20?,22-/m0/s1. The molecule has 0 bridgehead atoms. The van der Waals surface area contributed by atoms with Crippen LogP contribution >= 0.6 is 0 Å². The zero-order valence-corrected chi connectivity index (χ0v) is 19.6. The molecule has 2 N–H and O–H groups in total. The molecule has 0 aliphatic heterocycles. The molecule has 0 saturated heterocycles. The van der Waals surface area contributed by atoms with Crippen molar-refractivity contribution in [1.82, 2.24) is 10.6 Å². The Morgan fingerprint density at radius 2 is 1.63 bits per heavy atom. The summed E-state index contributed by atoms with van der Waals surface area (Å²) in [5.74, 6) is -0.0668. The molecule has 2 amide bonds. The number of carbonyl (C=O) groups is 3. The lowest BCUT2D eigenvalue weighted by atomic mass is 9.79. The number of carbonyl (C=O) groups excluding carboxylic acids is 3. The first kappa shape index (κ1) is 26.4. The SMILES string of the molecule is CCCCCCCC1CCC(C(=O)N[C@H](C(=O)NCC(=O)OCC)[C@@H](C)CC)CC1. The summed E-state index contributed by atoms with van der Waals surface area (Å²) in [7, 11) is 0. The normalized spacial score (nSPS) is 20.8. The zero-order chi connectivity index (χ0) is 22.4. The maximum Gasteiger partial charge on any atom is 0.325 e. The van der Waals surface area contributed by atoms with Crippen molar-refractivity contribution in [1.29, 1.82) is 0 Å². The fourth-order valence-corrected chi connectivity index (χ4v) is 4.20. The van der Waals surface area contributed by atoms with E-state index in [1.54, 1.807) is 6.92 Å². The van der Waals surface area contributed by atoms with Crippen LogP contribution in [0.4, 0.5) is 0 Å². The Morgan fingerprint density at radius 3 is 2.23 bits per heavy atom. The quantitative estimate of drug-likeness (QED) is 0.320. The maximum atomic E-state index is 12.8. The van der Waals surface area contributed by atoms with Gasteiger partial charge >= 0.3 is 5.97 Å². The summed E-state index contributed by atoms with van der Waals surface area (Å²) in [6, 6.07) is -0.617. The number of hydrogen-bond donors (Lipinski definition) is 2. The summed E-state index contributed by atoms with van der Waals surface area (Å²) >= 11 is 0. The van der Waals surface area contributed by atoms with E-state index in [1.807, 2.05) is 13.8 Å². The Labute approximate surface area is 183 Å². The third-order valence-electron chi connectivity index (χ3n) is 6.44. The van der Waals surface area contributed by atoms with Crippen molar-refractivity contribution >= 4 is 17.8 Å². The summed E-state index contributed by atoms with van der Waals surface area (Å²) in [5.41, 5.74) is 0. The van der Waals surface area contributed by atoms with E-state index in [1.165, 1.54) is 38.5 Å². The highest BCUT2D eigenvalue weighted by Gasteiger charge is 2.31. The predicted molar refractivity (Wildman–Crippen MR) is 120 cm³/mol. The maximum absolute atomic E-state index is 12.8. The third-order valence-corrected chi connectivity index (χ3v) is 6.44. The van der Waals surface area contributed by atoms with Crippen LogP contribution in [0.25, 0.3) is 0 Å². The molecule has 0 aromatic carbocycles. The number of unbranched alkanes of at least 4 members (excludes halogenated alkanes) is 4. The molecule has 1 aliphatic rings. The molecular weight excluding hydrogens is 380 g/mol. The van der Waals surface area contributed by atoms with Gasteiger partial charge in [0.05, 0.1) is 6.61 Å². The molecule has 30 heavy (non-hydrogen) atoms. The molecule has 0 heterocycles. The monoisotopic (exact) mass is 424 g/mol. The largest absolute Gasteiger partial charge is 0.465 e. The van der Waals surface area contributed by atoms with E-state index in [9.17, 15) is 14.4 Å². The van der Waals surface area contributed by atoms with Gasteiger partial charge in [-0.3, -0.25) is 14.4 Å². The van der Waals surface area contributed by atoms with Crippen LogP contribution in [0.3, 0.4) is 0 Å². The molecular formula is C24H44N2O4. The Hall–Kier alpha value is -1.59. The minimum absolute atomic E-state index is 0.00407. The number of hydrogen-bond acceptors (Lipinski definition) is 4. The number of esters is 1. The van der Waals surface area contributed by atoms with Crippen LogP contribution in [0, 0.1) is 17.8 Å². The van der Waals surface area contributed by atoms with Crippen molar-refractivity contribution in [2.24, 2.45) is 17.8 Å². The van der Waals surface area contributed by atoms with Gasteiger partial charge in [-0.15, -0.1) is 0 Å². The number of ether oxygens (including phenoxy) is 1. The van der Waals surface area contributed by atoms with E-state index in [4.69, 9.17) is 4.74 Å². The second-order valence-electron chi connectivity index (χ2n) is 8.82. The van der Waals surface area contributed by atoms with E-state index in [2.05, 4.69) is 17.6 Å². The van der Waals surface area contributed by atoms with Crippen molar-refractivity contribution in [3.63, 3.8) is 0 Å². The molecule has 0 aromatic heterocycles. The molecule has 6 nitrogen and oxygen atoms in total. The van der Waals surface area contributed by atoms with E-state index >= 15 is 0 Å². The van der Waals surface area contributed by atoms with Crippen LogP contribution in [-0.4, -0.2) is 37.0 Å². The first-order valence-electron chi connectivity index (χ1n) is 12.2. The molecule has 6 heteroatoms. The molecule has 0 radical (unpaired) electrons. The molecule has 174 valence electrons. The highest BCUT2D eigenvalue weighted by Crippen LogP contribution is 2.32. The lowest BCUT2D eigenvalue weighted by molar-refractivity contribution is -0.143. The van der Waals surface area contributed by atoms with Crippen LogP contribution in [-0.2, 0) is 19.1 Å². The van der Waals surface area contributed by atoms with Crippen LogP contribution in [0.5, 0.6) is 0 Å². The van der Waals surface area contributed by atoms with Gasteiger partial charge in [0.1, 0.15) is 12.6 Å². The molecule has 1 rings (SSSR count). The minimum atomic E-state index is -0.617. The van der Waals surface area contributed by atoms with Gasteiger partial charge in [-0.2, -0.15) is 0 Å². The number of amides is 2. The van der Waals surface area contributed by atoms with E-state index in [-0.39, 0.29) is 36.8 Å². The summed E-state index contributed by atoms with van der Waals surface area (Å²) in [6.45, 7) is 8.02. The summed E-state index contributed by atoms with van der Waals surface area (Å²) in [5, 5.41) is 5.58. The number of rotatable bonds is 14. The summed E-state index contributed by atoms with van der Waals surface area (Å²) < 4.78 is 4.85. The smallest absolute Gasteiger partial charge is 0.325 e. The first-order chi connectivity index (χ1) is 14.4. The molecule has 1 saturated carbocycles. The van der Waals surface area contributed by atoms with Crippen LogP contribution < -0.4 is 10.6 Å². The average molecular weight is 425 g/mol. The highest BCUT2D eigenvalue weighted by molar-refractivity contribution is 5.90. The van der Waals surface area contributed by atoms with Gasteiger partial charge in [-0.1, -0.05) is 65.7 Å². The van der Waals surface area contributed by atoms with Crippen LogP contribution in [0.2, 0.25) is 0 Å². The molecule has 0 unspecified atom stereocenters. The Bertz CT molecular complexity index is 515. The zero-order valence-electron chi connectivity index (χ0n) is 19.6. The van der Waals surface area contributed by atoms with Crippen molar-refractivity contribution in [2.45, 2.75) is 104 Å². The lowest BCUT2D eigenvalue weighted by Crippen LogP contribution is -2.52. The van der Waals surface area contributed by atoms with Gasteiger partial charge in [0, 0.05) is 5.92 Å². The predicted octanol–water partition coefficient (Wildman–Crippen LogP) is 4.36. The molecule has 0 aromatic rings. The average Bonchev–Trinajstić information content (AvgIpc) is 2.75. The molecule has 0 spiro atoms. The van der Waals surface area contributed by atoms with Gasteiger partial charge in [0.15, 0.2) is 0 Å². The molecule has 1 fully saturated rings.